The summed E-state index contributed by atoms with van der Waals surface area (Å²) in [5.74, 6) is -0.268. The SMILES string of the molecule is O=C(NN1CCCCC1)c1cccc(S(=O)(=O)N2CCc3ccccc32)c1. The molecule has 0 bridgehead atoms. The number of amides is 1. The largest absolute Gasteiger partial charge is 0.285 e. The predicted octanol–water partition coefficient (Wildman–Crippen LogP) is 2.57. The lowest BCUT2D eigenvalue weighted by Gasteiger charge is -2.27. The van der Waals surface area contributed by atoms with Crippen LogP contribution in [0.4, 0.5) is 5.69 Å². The van der Waals surface area contributed by atoms with Gasteiger partial charge in [-0.2, -0.15) is 0 Å². The zero-order valence-electron chi connectivity index (χ0n) is 15.1. The Balaban J connectivity index is 1.57. The Hall–Kier alpha value is -2.38. The van der Waals surface area contributed by atoms with Gasteiger partial charge in [0, 0.05) is 25.2 Å². The summed E-state index contributed by atoms with van der Waals surface area (Å²) in [7, 11) is -3.70. The molecule has 2 aromatic carbocycles. The zero-order chi connectivity index (χ0) is 18.9. The van der Waals surface area contributed by atoms with E-state index in [9.17, 15) is 13.2 Å². The number of piperidine rings is 1. The lowest BCUT2D eigenvalue weighted by atomic mass is 10.1. The number of rotatable bonds is 4. The van der Waals surface area contributed by atoms with Crippen LogP contribution in [0.15, 0.2) is 53.4 Å². The van der Waals surface area contributed by atoms with Gasteiger partial charge in [0.05, 0.1) is 10.6 Å². The van der Waals surface area contributed by atoms with Gasteiger partial charge >= 0.3 is 0 Å². The van der Waals surface area contributed by atoms with E-state index in [0.29, 0.717) is 18.5 Å². The number of carbonyl (C=O) groups is 1. The van der Waals surface area contributed by atoms with Crippen LogP contribution in [-0.2, 0) is 16.4 Å². The highest BCUT2D eigenvalue weighted by molar-refractivity contribution is 7.92. The average Bonchev–Trinajstić information content (AvgIpc) is 3.14. The van der Waals surface area contributed by atoms with Gasteiger partial charge in [-0.05, 0) is 49.1 Å². The molecule has 27 heavy (non-hydrogen) atoms. The first kappa shape index (κ1) is 18.0. The van der Waals surface area contributed by atoms with Crippen LogP contribution in [0.25, 0.3) is 0 Å². The normalized spacial score (nSPS) is 17.6. The quantitative estimate of drug-likeness (QED) is 0.878. The minimum absolute atomic E-state index is 0.144. The van der Waals surface area contributed by atoms with E-state index in [0.717, 1.165) is 37.2 Å². The van der Waals surface area contributed by atoms with Crippen LogP contribution >= 0.6 is 0 Å². The van der Waals surface area contributed by atoms with E-state index in [1.165, 1.54) is 16.8 Å². The molecule has 142 valence electrons. The first-order valence-electron chi connectivity index (χ1n) is 9.32. The molecule has 0 saturated carbocycles. The predicted molar refractivity (Wildman–Crippen MR) is 104 cm³/mol. The maximum absolute atomic E-state index is 13.1. The summed E-state index contributed by atoms with van der Waals surface area (Å²) in [6.45, 7) is 2.08. The molecule has 1 saturated heterocycles. The molecule has 2 heterocycles. The molecule has 2 aliphatic rings. The number of carbonyl (C=O) groups excluding carboxylic acids is 1. The van der Waals surface area contributed by atoms with Crippen molar-refractivity contribution in [2.75, 3.05) is 23.9 Å². The van der Waals surface area contributed by atoms with Gasteiger partial charge in [-0.1, -0.05) is 30.7 Å². The number of hydrazine groups is 1. The molecule has 7 heteroatoms. The molecule has 2 aromatic rings. The van der Waals surface area contributed by atoms with Gasteiger partial charge in [0.2, 0.25) is 0 Å². The second-order valence-electron chi connectivity index (χ2n) is 6.97. The van der Waals surface area contributed by atoms with Crippen molar-refractivity contribution in [2.24, 2.45) is 0 Å². The maximum atomic E-state index is 13.1. The maximum Gasteiger partial charge on any atom is 0.265 e. The third kappa shape index (κ3) is 3.57. The van der Waals surface area contributed by atoms with E-state index in [-0.39, 0.29) is 10.8 Å². The van der Waals surface area contributed by atoms with Crippen molar-refractivity contribution < 1.29 is 13.2 Å². The van der Waals surface area contributed by atoms with Crippen LogP contribution in [0.1, 0.15) is 35.2 Å². The average molecular weight is 385 g/mol. The van der Waals surface area contributed by atoms with Gasteiger partial charge in [-0.15, -0.1) is 0 Å². The Morgan fingerprint density at radius 2 is 1.70 bits per heavy atom. The first-order valence-corrected chi connectivity index (χ1v) is 10.8. The van der Waals surface area contributed by atoms with E-state index in [1.807, 2.05) is 29.3 Å². The number of anilines is 1. The summed E-state index contributed by atoms with van der Waals surface area (Å²) in [4.78, 5) is 12.7. The van der Waals surface area contributed by atoms with Crippen molar-refractivity contribution in [3.8, 4) is 0 Å². The summed E-state index contributed by atoms with van der Waals surface area (Å²) in [5, 5.41) is 1.91. The third-order valence-electron chi connectivity index (χ3n) is 5.14. The minimum atomic E-state index is -3.70. The summed E-state index contributed by atoms with van der Waals surface area (Å²) in [6.07, 6.45) is 3.99. The van der Waals surface area contributed by atoms with E-state index < -0.39 is 10.0 Å². The number of fused-ring (bicyclic) bond motifs is 1. The highest BCUT2D eigenvalue weighted by Crippen LogP contribution is 2.32. The smallest absolute Gasteiger partial charge is 0.265 e. The number of nitrogens with one attached hydrogen (secondary N) is 1. The van der Waals surface area contributed by atoms with Gasteiger partial charge < -0.3 is 0 Å². The van der Waals surface area contributed by atoms with Gasteiger partial charge in [-0.3, -0.25) is 14.5 Å². The molecule has 1 N–H and O–H groups in total. The number of benzene rings is 2. The molecule has 4 rings (SSSR count). The monoisotopic (exact) mass is 385 g/mol. The highest BCUT2D eigenvalue weighted by Gasteiger charge is 2.31. The lowest BCUT2D eigenvalue weighted by Crippen LogP contribution is -2.45. The van der Waals surface area contributed by atoms with Crippen LogP contribution in [0.5, 0.6) is 0 Å². The number of hydrogen-bond acceptors (Lipinski definition) is 4. The molecular formula is C20H23N3O3S. The Labute approximate surface area is 159 Å². The van der Waals surface area contributed by atoms with Crippen LogP contribution < -0.4 is 9.73 Å². The second kappa shape index (κ2) is 7.32. The van der Waals surface area contributed by atoms with E-state index in [2.05, 4.69) is 5.43 Å². The summed E-state index contributed by atoms with van der Waals surface area (Å²) in [5.41, 5.74) is 4.99. The molecule has 2 aliphatic heterocycles. The van der Waals surface area contributed by atoms with Crippen LogP contribution in [0.3, 0.4) is 0 Å². The lowest BCUT2D eigenvalue weighted by molar-refractivity contribution is 0.0750. The Morgan fingerprint density at radius 1 is 0.926 bits per heavy atom. The summed E-state index contributed by atoms with van der Waals surface area (Å²) < 4.78 is 27.7. The fraction of sp³-hybridized carbons (Fsp3) is 0.350. The van der Waals surface area contributed by atoms with E-state index in [4.69, 9.17) is 0 Å². The van der Waals surface area contributed by atoms with Crippen LogP contribution in [-0.4, -0.2) is 39.0 Å². The van der Waals surface area contributed by atoms with Crippen LogP contribution in [0, 0.1) is 0 Å². The number of sulfonamides is 1. The highest BCUT2D eigenvalue weighted by atomic mass is 32.2. The molecular weight excluding hydrogens is 362 g/mol. The summed E-state index contributed by atoms with van der Waals surface area (Å²) >= 11 is 0. The molecule has 0 aromatic heterocycles. The third-order valence-corrected chi connectivity index (χ3v) is 6.95. The Bertz CT molecular complexity index is 952. The van der Waals surface area contributed by atoms with Crippen molar-refractivity contribution in [3.63, 3.8) is 0 Å². The van der Waals surface area contributed by atoms with Gasteiger partial charge in [-0.25, -0.2) is 13.4 Å². The number of hydrogen-bond donors (Lipinski definition) is 1. The molecule has 0 spiro atoms. The number of para-hydroxylation sites is 1. The van der Waals surface area contributed by atoms with Gasteiger partial charge in [0.15, 0.2) is 0 Å². The molecule has 0 radical (unpaired) electrons. The van der Waals surface area contributed by atoms with Crippen molar-refractivity contribution in [1.82, 2.24) is 10.4 Å². The standard InChI is InChI=1S/C20H23N3O3S/c24-20(21-22-12-4-1-5-13-22)17-8-6-9-18(15-17)27(25,26)23-14-11-16-7-2-3-10-19(16)23/h2-3,6-10,15H,1,4-5,11-14H2,(H,21,24). The topological polar surface area (TPSA) is 69.7 Å². The van der Waals surface area contributed by atoms with Crippen molar-refractivity contribution in [2.45, 2.75) is 30.6 Å². The van der Waals surface area contributed by atoms with Crippen molar-refractivity contribution in [3.05, 3.63) is 59.7 Å². The van der Waals surface area contributed by atoms with Crippen molar-refractivity contribution in [1.29, 1.82) is 0 Å². The molecule has 0 unspecified atom stereocenters. The molecule has 6 nitrogen and oxygen atoms in total. The Kier molecular flexibility index (Phi) is 4.88. The molecule has 0 atom stereocenters. The number of nitrogens with zero attached hydrogens (tertiary/aromatic N) is 2. The van der Waals surface area contributed by atoms with Gasteiger partial charge in [0.25, 0.3) is 15.9 Å². The fourth-order valence-corrected chi connectivity index (χ4v) is 5.25. The fourth-order valence-electron chi connectivity index (χ4n) is 3.70. The Morgan fingerprint density at radius 3 is 2.52 bits per heavy atom. The zero-order valence-corrected chi connectivity index (χ0v) is 15.9. The summed E-state index contributed by atoms with van der Waals surface area (Å²) in [6, 6.07) is 13.8. The molecule has 0 aliphatic carbocycles. The molecule has 1 fully saturated rings. The van der Waals surface area contributed by atoms with Crippen molar-refractivity contribution >= 4 is 21.6 Å². The minimum Gasteiger partial charge on any atom is -0.285 e. The van der Waals surface area contributed by atoms with E-state index in [1.54, 1.807) is 18.2 Å². The second-order valence-corrected chi connectivity index (χ2v) is 8.83. The van der Waals surface area contributed by atoms with Crippen LogP contribution in [0.2, 0.25) is 0 Å². The van der Waals surface area contributed by atoms with E-state index >= 15 is 0 Å². The van der Waals surface area contributed by atoms with Gasteiger partial charge in [0.1, 0.15) is 0 Å². The molecule has 1 amide bonds. The first-order chi connectivity index (χ1) is 13.1.